The molecule has 2 fully saturated rings. The topological polar surface area (TPSA) is 86.4 Å². The molecule has 8 heteroatoms. The molecule has 2 aromatic heterocycles. The van der Waals surface area contributed by atoms with E-state index in [9.17, 15) is 14.4 Å². The first-order chi connectivity index (χ1) is 15.1. The van der Waals surface area contributed by atoms with Crippen molar-refractivity contribution in [2.45, 2.75) is 57.4 Å². The van der Waals surface area contributed by atoms with Crippen LogP contribution in [0, 0.1) is 5.92 Å². The number of hydrogen-bond donors (Lipinski definition) is 1. The summed E-state index contributed by atoms with van der Waals surface area (Å²) in [6.07, 6.45) is 6.77. The molecule has 3 aliphatic rings. The van der Waals surface area contributed by atoms with E-state index in [0.717, 1.165) is 50.8 Å². The molecule has 31 heavy (non-hydrogen) atoms. The first-order valence-electron chi connectivity index (χ1n) is 11.3. The molecule has 2 aliphatic heterocycles. The summed E-state index contributed by atoms with van der Waals surface area (Å²) in [5, 5.41) is 1.89. The maximum atomic E-state index is 12.9. The Morgan fingerprint density at radius 2 is 1.94 bits per heavy atom. The molecule has 0 bridgehead atoms. The zero-order chi connectivity index (χ0) is 21.4. The molecule has 1 unspecified atom stereocenters. The fourth-order valence-electron chi connectivity index (χ4n) is 5.20. The van der Waals surface area contributed by atoms with E-state index in [1.54, 1.807) is 4.90 Å². The SMILES string of the molecule is O=C(c1cccs1)N1CCc2nc(C3CCCN(C(=O)C4CCCC4)C3)[nH]c(=O)c2C1. The van der Waals surface area contributed by atoms with E-state index in [4.69, 9.17) is 4.98 Å². The highest BCUT2D eigenvalue weighted by atomic mass is 32.1. The number of fused-ring (bicyclic) bond motifs is 1. The van der Waals surface area contributed by atoms with E-state index >= 15 is 0 Å². The van der Waals surface area contributed by atoms with Gasteiger partial charge in [0.05, 0.1) is 22.7 Å². The monoisotopic (exact) mass is 440 g/mol. The zero-order valence-electron chi connectivity index (χ0n) is 17.6. The van der Waals surface area contributed by atoms with Crippen molar-refractivity contribution in [1.82, 2.24) is 19.8 Å². The van der Waals surface area contributed by atoms with Crippen LogP contribution in [0.25, 0.3) is 0 Å². The van der Waals surface area contributed by atoms with E-state index in [1.807, 2.05) is 22.4 Å². The highest BCUT2D eigenvalue weighted by Crippen LogP contribution is 2.31. The van der Waals surface area contributed by atoms with Crippen LogP contribution in [-0.4, -0.2) is 51.2 Å². The second-order valence-corrected chi connectivity index (χ2v) is 9.88. The lowest BCUT2D eigenvalue weighted by Crippen LogP contribution is -2.43. The first kappa shape index (κ1) is 20.4. The number of likely N-dealkylation sites (tertiary alicyclic amines) is 1. The van der Waals surface area contributed by atoms with Crippen LogP contribution < -0.4 is 5.56 Å². The molecule has 0 spiro atoms. The molecule has 0 aromatic carbocycles. The van der Waals surface area contributed by atoms with Crippen LogP contribution in [0.5, 0.6) is 0 Å². The van der Waals surface area contributed by atoms with Gasteiger partial charge in [0.25, 0.3) is 11.5 Å². The van der Waals surface area contributed by atoms with Crippen LogP contribution in [0.3, 0.4) is 0 Å². The lowest BCUT2D eigenvalue weighted by molar-refractivity contribution is -0.136. The smallest absolute Gasteiger partial charge is 0.264 e. The minimum Gasteiger partial charge on any atom is -0.342 e. The predicted molar refractivity (Wildman–Crippen MR) is 118 cm³/mol. The number of amides is 2. The van der Waals surface area contributed by atoms with Gasteiger partial charge < -0.3 is 14.8 Å². The van der Waals surface area contributed by atoms with Crippen LogP contribution >= 0.6 is 11.3 Å². The van der Waals surface area contributed by atoms with Gasteiger partial charge in [-0.15, -0.1) is 11.3 Å². The molecular weight excluding hydrogens is 412 g/mol. The average molecular weight is 441 g/mol. The maximum absolute atomic E-state index is 12.9. The summed E-state index contributed by atoms with van der Waals surface area (Å²) in [5.74, 6) is 1.21. The molecule has 1 aliphatic carbocycles. The molecule has 2 aromatic rings. The molecule has 1 N–H and O–H groups in total. The lowest BCUT2D eigenvalue weighted by atomic mass is 9.94. The molecule has 1 saturated carbocycles. The maximum Gasteiger partial charge on any atom is 0.264 e. The van der Waals surface area contributed by atoms with Gasteiger partial charge in [-0.3, -0.25) is 14.4 Å². The van der Waals surface area contributed by atoms with E-state index in [-0.39, 0.29) is 29.2 Å². The van der Waals surface area contributed by atoms with Crippen molar-refractivity contribution in [3.8, 4) is 0 Å². The summed E-state index contributed by atoms with van der Waals surface area (Å²) in [7, 11) is 0. The molecule has 7 nitrogen and oxygen atoms in total. The molecule has 1 atom stereocenters. The van der Waals surface area contributed by atoms with E-state index < -0.39 is 0 Å². The van der Waals surface area contributed by atoms with Gasteiger partial charge in [-0.2, -0.15) is 0 Å². The first-order valence-corrected chi connectivity index (χ1v) is 12.2. The number of nitrogens with one attached hydrogen (secondary N) is 1. The Morgan fingerprint density at radius 3 is 2.71 bits per heavy atom. The number of hydrogen-bond acceptors (Lipinski definition) is 5. The summed E-state index contributed by atoms with van der Waals surface area (Å²) >= 11 is 1.42. The number of nitrogens with zero attached hydrogens (tertiary/aromatic N) is 3. The van der Waals surface area contributed by atoms with Crippen LogP contribution in [0.2, 0.25) is 0 Å². The summed E-state index contributed by atoms with van der Waals surface area (Å²) in [4.78, 5) is 50.7. The minimum atomic E-state index is -0.150. The molecule has 164 valence electrons. The van der Waals surface area contributed by atoms with Gasteiger partial charge >= 0.3 is 0 Å². The average Bonchev–Trinajstić information content (AvgIpc) is 3.52. The quantitative estimate of drug-likeness (QED) is 0.795. The van der Waals surface area contributed by atoms with Crippen LogP contribution in [0.1, 0.15) is 71.2 Å². The summed E-state index contributed by atoms with van der Waals surface area (Å²) in [6.45, 7) is 2.31. The van der Waals surface area contributed by atoms with Gasteiger partial charge in [0.15, 0.2) is 0 Å². The zero-order valence-corrected chi connectivity index (χ0v) is 18.5. The van der Waals surface area contributed by atoms with Crippen LogP contribution in [0.15, 0.2) is 22.3 Å². The molecule has 0 radical (unpaired) electrons. The second-order valence-electron chi connectivity index (χ2n) is 8.94. The number of carbonyl (C=O) groups is 2. The number of H-pyrrole nitrogens is 1. The third-order valence-corrected chi connectivity index (χ3v) is 7.79. The number of carbonyl (C=O) groups excluding carboxylic acids is 2. The highest BCUT2D eigenvalue weighted by molar-refractivity contribution is 7.12. The van der Waals surface area contributed by atoms with Crippen molar-refractivity contribution >= 4 is 23.2 Å². The number of rotatable bonds is 3. The van der Waals surface area contributed by atoms with E-state index in [0.29, 0.717) is 42.3 Å². The van der Waals surface area contributed by atoms with Crippen LogP contribution in [-0.2, 0) is 17.8 Å². The largest absolute Gasteiger partial charge is 0.342 e. The van der Waals surface area contributed by atoms with Gasteiger partial charge in [-0.1, -0.05) is 18.9 Å². The minimum absolute atomic E-state index is 0.0301. The standard InChI is InChI=1S/C23H28N4O3S/c28-21-17-14-27(23(30)19-8-4-12-31-19)11-9-18(17)24-20(25-21)16-7-3-10-26(13-16)22(29)15-5-1-2-6-15/h4,8,12,15-16H,1-3,5-7,9-11,13-14H2,(H,24,25,28). The second kappa shape index (κ2) is 8.57. The Bertz CT molecular complexity index is 1030. The van der Waals surface area contributed by atoms with Gasteiger partial charge in [0, 0.05) is 37.9 Å². The van der Waals surface area contributed by atoms with E-state index in [2.05, 4.69) is 4.98 Å². The number of aromatic nitrogens is 2. The van der Waals surface area contributed by atoms with Gasteiger partial charge in [0.1, 0.15) is 5.82 Å². The van der Waals surface area contributed by atoms with Crippen LogP contribution in [0.4, 0.5) is 0 Å². The Hall–Kier alpha value is -2.48. The molecule has 2 amide bonds. The lowest BCUT2D eigenvalue weighted by Gasteiger charge is -2.34. The van der Waals surface area contributed by atoms with Gasteiger partial charge in [-0.25, -0.2) is 4.98 Å². The number of piperidine rings is 1. The van der Waals surface area contributed by atoms with Crippen molar-refractivity contribution in [2.75, 3.05) is 19.6 Å². The highest BCUT2D eigenvalue weighted by Gasteiger charge is 2.33. The summed E-state index contributed by atoms with van der Waals surface area (Å²) in [6, 6.07) is 3.68. The third kappa shape index (κ3) is 4.05. The normalized spacial score (nSPS) is 21.9. The molecule has 5 rings (SSSR count). The third-order valence-electron chi connectivity index (χ3n) is 6.93. The van der Waals surface area contributed by atoms with Crippen molar-refractivity contribution in [2.24, 2.45) is 5.92 Å². The van der Waals surface area contributed by atoms with Crippen molar-refractivity contribution in [3.63, 3.8) is 0 Å². The predicted octanol–water partition coefficient (Wildman–Crippen LogP) is 2.93. The number of aromatic amines is 1. The van der Waals surface area contributed by atoms with Gasteiger partial charge in [-0.05, 0) is 37.1 Å². The fraction of sp³-hybridized carbons (Fsp3) is 0.565. The van der Waals surface area contributed by atoms with Crippen molar-refractivity contribution < 1.29 is 9.59 Å². The Kier molecular flexibility index (Phi) is 5.65. The fourth-order valence-corrected chi connectivity index (χ4v) is 5.89. The van der Waals surface area contributed by atoms with Gasteiger partial charge in [0.2, 0.25) is 5.91 Å². The summed E-state index contributed by atoms with van der Waals surface area (Å²) < 4.78 is 0. The molecule has 1 saturated heterocycles. The summed E-state index contributed by atoms with van der Waals surface area (Å²) in [5.41, 5.74) is 1.24. The Balaban J connectivity index is 1.32. The molecule has 4 heterocycles. The molecular formula is C23H28N4O3S. The number of thiophene rings is 1. The Labute approximate surface area is 185 Å². The van der Waals surface area contributed by atoms with Crippen molar-refractivity contribution in [3.05, 3.63) is 49.8 Å². The van der Waals surface area contributed by atoms with Crippen molar-refractivity contribution in [1.29, 1.82) is 0 Å². The Morgan fingerprint density at radius 1 is 1.10 bits per heavy atom. The van der Waals surface area contributed by atoms with E-state index in [1.165, 1.54) is 11.3 Å².